The molecule has 0 radical (unpaired) electrons. The van der Waals surface area contributed by atoms with Gasteiger partial charge in [-0.25, -0.2) is 9.18 Å². The molecule has 0 saturated heterocycles. The topological polar surface area (TPSA) is 66.4 Å². The summed E-state index contributed by atoms with van der Waals surface area (Å²) in [6.45, 7) is 1.27. The van der Waals surface area contributed by atoms with Crippen LogP contribution in [0, 0.1) is 12.7 Å². The van der Waals surface area contributed by atoms with Crippen molar-refractivity contribution in [1.82, 2.24) is 0 Å². The molecule has 0 spiro atoms. The highest BCUT2D eigenvalue weighted by atomic mass is 19.4. The van der Waals surface area contributed by atoms with Crippen LogP contribution in [-0.2, 0) is 6.18 Å². The van der Waals surface area contributed by atoms with Gasteiger partial charge in [-0.2, -0.15) is 13.2 Å². The Morgan fingerprint density at radius 1 is 1.04 bits per heavy atom. The quantitative estimate of drug-likeness (QED) is 0.826. The molecule has 4 nitrogen and oxygen atoms in total. The van der Waals surface area contributed by atoms with Crippen molar-refractivity contribution in [1.29, 1.82) is 0 Å². The smallest absolute Gasteiger partial charge is 0.416 e. The Morgan fingerprint density at radius 2 is 1.71 bits per heavy atom. The van der Waals surface area contributed by atoms with E-state index in [4.69, 9.17) is 5.11 Å². The van der Waals surface area contributed by atoms with Crippen molar-refractivity contribution in [2.24, 2.45) is 0 Å². The lowest BCUT2D eigenvalue weighted by Gasteiger charge is -2.13. The molecular weight excluding hydrogens is 330 g/mol. The molecule has 0 heterocycles. The monoisotopic (exact) mass is 341 g/mol. The maximum Gasteiger partial charge on any atom is 0.416 e. The Balaban J connectivity index is 2.38. The van der Waals surface area contributed by atoms with Gasteiger partial charge in [-0.3, -0.25) is 4.79 Å². The Bertz CT molecular complexity index is 815. The van der Waals surface area contributed by atoms with Crippen molar-refractivity contribution in [2.45, 2.75) is 13.1 Å². The minimum absolute atomic E-state index is 0.0301. The van der Waals surface area contributed by atoms with Gasteiger partial charge in [0.1, 0.15) is 5.82 Å². The lowest BCUT2D eigenvalue weighted by molar-refractivity contribution is -0.138. The van der Waals surface area contributed by atoms with E-state index in [2.05, 4.69) is 5.32 Å². The maximum absolute atomic E-state index is 13.3. The van der Waals surface area contributed by atoms with Crippen LogP contribution < -0.4 is 5.32 Å². The number of carboxylic acid groups (broad SMARTS) is 1. The second-order valence-corrected chi connectivity index (χ2v) is 4.98. The summed E-state index contributed by atoms with van der Waals surface area (Å²) in [6.07, 6.45) is -4.60. The largest absolute Gasteiger partial charge is 0.478 e. The Labute approximate surface area is 133 Å². The first kappa shape index (κ1) is 17.5. The zero-order chi connectivity index (χ0) is 18.1. The van der Waals surface area contributed by atoms with E-state index in [0.29, 0.717) is 6.07 Å². The average Bonchev–Trinajstić information content (AvgIpc) is 2.47. The van der Waals surface area contributed by atoms with Gasteiger partial charge in [0.2, 0.25) is 0 Å². The Hall–Kier alpha value is -2.90. The first-order valence-corrected chi connectivity index (χ1v) is 6.61. The van der Waals surface area contributed by atoms with Gasteiger partial charge in [0, 0.05) is 5.69 Å². The summed E-state index contributed by atoms with van der Waals surface area (Å²) in [7, 11) is 0. The predicted octanol–water partition coefficient (Wildman–Crippen LogP) is 4.10. The van der Waals surface area contributed by atoms with Gasteiger partial charge in [-0.1, -0.05) is 6.07 Å². The van der Waals surface area contributed by atoms with Gasteiger partial charge in [0.25, 0.3) is 5.91 Å². The van der Waals surface area contributed by atoms with Crippen molar-refractivity contribution >= 4 is 17.6 Å². The molecule has 2 aromatic carbocycles. The van der Waals surface area contributed by atoms with Crippen molar-refractivity contribution in [3.05, 3.63) is 64.5 Å². The van der Waals surface area contributed by atoms with Crippen LogP contribution in [-0.4, -0.2) is 17.0 Å². The van der Waals surface area contributed by atoms with E-state index in [9.17, 15) is 27.2 Å². The van der Waals surface area contributed by atoms with Gasteiger partial charge in [0.15, 0.2) is 0 Å². The highest BCUT2D eigenvalue weighted by molar-refractivity contribution is 6.10. The molecular formula is C16H11F4NO3. The van der Waals surface area contributed by atoms with Crippen LogP contribution in [0.15, 0.2) is 36.4 Å². The van der Waals surface area contributed by atoms with Crippen LogP contribution in [0.4, 0.5) is 23.2 Å². The number of hydrogen-bond acceptors (Lipinski definition) is 2. The zero-order valence-corrected chi connectivity index (χ0v) is 12.2. The van der Waals surface area contributed by atoms with Crippen LogP contribution in [0.25, 0.3) is 0 Å². The van der Waals surface area contributed by atoms with Crippen LogP contribution in [0.3, 0.4) is 0 Å². The summed E-state index contributed by atoms with van der Waals surface area (Å²) in [4.78, 5) is 23.2. The van der Waals surface area contributed by atoms with Gasteiger partial charge in [-0.15, -0.1) is 0 Å². The second kappa shape index (κ2) is 6.31. The van der Waals surface area contributed by atoms with Crippen LogP contribution in [0.2, 0.25) is 0 Å². The molecule has 2 rings (SSSR count). The van der Waals surface area contributed by atoms with Gasteiger partial charge >= 0.3 is 12.1 Å². The molecule has 8 heteroatoms. The van der Waals surface area contributed by atoms with Crippen molar-refractivity contribution < 1.29 is 32.3 Å². The van der Waals surface area contributed by atoms with E-state index in [-0.39, 0.29) is 11.3 Å². The molecule has 24 heavy (non-hydrogen) atoms. The molecule has 2 N–H and O–H groups in total. The summed E-state index contributed by atoms with van der Waals surface area (Å²) in [5.74, 6) is -3.33. The summed E-state index contributed by atoms with van der Waals surface area (Å²) < 4.78 is 51.9. The zero-order valence-electron chi connectivity index (χ0n) is 12.2. The number of halogens is 4. The standard InChI is InChI=1S/C16H11F4NO3/c1-8-2-4-10(7-13(8)16(18,19)20)21-14(22)12-6-9(17)3-5-11(12)15(23)24/h2-7H,1H3,(H,21,22)(H,23,24). The molecule has 0 bridgehead atoms. The fourth-order valence-electron chi connectivity index (χ4n) is 2.09. The van der Waals surface area contributed by atoms with Crippen molar-refractivity contribution in [3.63, 3.8) is 0 Å². The molecule has 2 aromatic rings. The number of carboxylic acids is 1. The number of nitrogens with one attached hydrogen (secondary N) is 1. The summed E-state index contributed by atoms with van der Waals surface area (Å²) in [5, 5.41) is 11.2. The number of aromatic carboxylic acids is 1. The third-order valence-corrected chi connectivity index (χ3v) is 3.26. The van der Waals surface area contributed by atoms with E-state index in [1.165, 1.54) is 19.1 Å². The van der Waals surface area contributed by atoms with E-state index in [1.807, 2.05) is 0 Å². The van der Waals surface area contributed by atoms with Crippen LogP contribution in [0.1, 0.15) is 31.8 Å². The third-order valence-electron chi connectivity index (χ3n) is 3.26. The number of hydrogen-bond donors (Lipinski definition) is 2. The number of amides is 1. The number of aryl methyl sites for hydroxylation is 1. The fraction of sp³-hybridized carbons (Fsp3) is 0.125. The summed E-state index contributed by atoms with van der Waals surface area (Å²) >= 11 is 0. The number of carbonyl (C=O) groups is 2. The van der Waals surface area contributed by atoms with Gasteiger partial charge in [0.05, 0.1) is 16.7 Å². The van der Waals surface area contributed by atoms with E-state index < -0.39 is 40.6 Å². The first-order valence-electron chi connectivity index (χ1n) is 6.61. The van der Waals surface area contributed by atoms with E-state index >= 15 is 0 Å². The van der Waals surface area contributed by atoms with E-state index in [1.54, 1.807) is 0 Å². The number of alkyl halides is 3. The molecule has 0 aliphatic rings. The van der Waals surface area contributed by atoms with E-state index in [0.717, 1.165) is 18.2 Å². The Kier molecular flexibility index (Phi) is 4.59. The summed E-state index contributed by atoms with van der Waals surface area (Å²) in [5.41, 5.74) is -2.09. The normalized spacial score (nSPS) is 11.2. The van der Waals surface area contributed by atoms with Crippen LogP contribution >= 0.6 is 0 Å². The SMILES string of the molecule is Cc1ccc(NC(=O)c2cc(F)ccc2C(=O)O)cc1C(F)(F)F. The molecule has 1 amide bonds. The van der Waals surface area contributed by atoms with Gasteiger partial charge in [-0.05, 0) is 42.8 Å². The second-order valence-electron chi connectivity index (χ2n) is 4.98. The molecule has 0 unspecified atom stereocenters. The fourth-order valence-corrected chi connectivity index (χ4v) is 2.09. The minimum Gasteiger partial charge on any atom is -0.478 e. The molecule has 0 aliphatic heterocycles. The predicted molar refractivity (Wildman–Crippen MR) is 77.5 cm³/mol. The Morgan fingerprint density at radius 3 is 2.29 bits per heavy atom. The highest BCUT2D eigenvalue weighted by Gasteiger charge is 2.32. The molecule has 0 saturated carbocycles. The number of carbonyl (C=O) groups excluding carboxylic acids is 1. The molecule has 0 atom stereocenters. The lowest BCUT2D eigenvalue weighted by Crippen LogP contribution is -2.17. The minimum atomic E-state index is -4.60. The molecule has 0 aliphatic carbocycles. The number of benzene rings is 2. The molecule has 0 fully saturated rings. The molecule has 126 valence electrons. The van der Waals surface area contributed by atoms with Crippen LogP contribution in [0.5, 0.6) is 0 Å². The third kappa shape index (κ3) is 3.70. The molecule has 0 aromatic heterocycles. The first-order chi connectivity index (χ1) is 11.1. The number of anilines is 1. The average molecular weight is 341 g/mol. The van der Waals surface area contributed by atoms with Crippen molar-refractivity contribution in [3.8, 4) is 0 Å². The number of rotatable bonds is 3. The summed E-state index contributed by atoms with van der Waals surface area (Å²) in [6, 6.07) is 5.62. The maximum atomic E-state index is 13.3. The lowest BCUT2D eigenvalue weighted by atomic mass is 10.1. The van der Waals surface area contributed by atoms with Gasteiger partial charge < -0.3 is 10.4 Å². The highest BCUT2D eigenvalue weighted by Crippen LogP contribution is 2.33. The van der Waals surface area contributed by atoms with Crippen molar-refractivity contribution in [2.75, 3.05) is 5.32 Å².